The lowest BCUT2D eigenvalue weighted by Gasteiger charge is -2.26. The van der Waals surface area contributed by atoms with E-state index < -0.39 is 0 Å². The summed E-state index contributed by atoms with van der Waals surface area (Å²) in [5.41, 5.74) is 0.978. The molecule has 0 saturated carbocycles. The maximum absolute atomic E-state index is 13.3. The molecule has 1 saturated heterocycles. The summed E-state index contributed by atoms with van der Waals surface area (Å²) < 4.78 is 19.9. The van der Waals surface area contributed by atoms with Crippen LogP contribution in [0, 0.1) is 9.39 Å². The molecule has 0 atom stereocenters. The van der Waals surface area contributed by atoms with Crippen LogP contribution in [0.15, 0.2) is 42.5 Å². The van der Waals surface area contributed by atoms with E-state index in [9.17, 15) is 9.18 Å². The van der Waals surface area contributed by atoms with Crippen molar-refractivity contribution in [1.82, 2.24) is 4.90 Å². The molecule has 0 bridgehead atoms. The summed E-state index contributed by atoms with van der Waals surface area (Å²) in [6, 6.07) is 11.3. The van der Waals surface area contributed by atoms with Gasteiger partial charge in [-0.2, -0.15) is 0 Å². The van der Waals surface area contributed by atoms with Gasteiger partial charge < -0.3 is 10.1 Å². The number of ether oxygens (including phenoxy) is 1. The fraction of sp³-hybridized carbons (Fsp3) is 0.350. The lowest BCUT2D eigenvalue weighted by molar-refractivity contribution is 0.102. The number of benzene rings is 2. The highest BCUT2D eigenvalue weighted by molar-refractivity contribution is 14.1. The number of hydrogen-bond acceptors (Lipinski definition) is 3. The molecule has 138 valence electrons. The molecule has 1 amide bonds. The molecule has 0 unspecified atom stereocenters. The minimum Gasteiger partial charge on any atom is -0.492 e. The molecule has 3 rings (SSSR count). The molecule has 0 aromatic heterocycles. The third-order valence-electron chi connectivity index (χ3n) is 4.42. The smallest absolute Gasteiger partial charge is 0.255 e. The molecule has 4 nitrogen and oxygen atoms in total. The minimum atomic E-state index is -0.377. The van der Waals surface area contributed by atoms with Gasteiger partial charge in [0.25, 0.3) is 5.91 Å². The second-order valence-corrected chi connectivity index (χ2v) is 7.52. The predicted octanol–water partition coefficient (Wildman–Crippen LogP) is 4.55. The highest BCUT2D eigenvalue weighted by atomic mass is 127. The molecule has 1 aliphatic rings. The minimum absolute atomic E-state index is 0.270. The Morgan fingerprint density at radius 3 is 2.58 bits per heavy atom. The van der Waals surface area contributed by atoms with E-state index in [1.165, 1.54) is 31.4 Å². The molecule has 1 aliphatic heterocycles. The Kier molecular flexibility index (Phi) is 6.85. The van der Waals surface area contributed by atoms with Crippen molar-refractivity contribution >= 4 is 34.2 Å². The van der Waals surface area contributed by atoms with Gasteiger partial charge in [-0.05, 0) is 91.0 Å². The van der Waals surface area contributed by atoms with Gasteiger partial charge in [0.1, 0.15) is 18.2 Å². The monoisotopic (exact) mass is 468 g/mol. The maximum Gasteiger partial charge on any atom is 0.255 e. The number of amides is 1. The number of halogens is 2. The second-order valence-electron chi connectivity index (χ2n) is 6.35. The van der Waals surface area contributed by atoms with Gasteiger partial charge in [0.05, 0.1) is 5.69 Å². The van der Waals surface area contributed by atoms with Gasteiger partial charge in [0, 0.05) is 15.7 Å². The Hall–Kier alpha value is -1.67. The SMILES string of the molecule is O=C(Nc1cc(F)ccc1I)c1ccc(OCCN2CCCCC2)cc1. The molecular weight excluding hydrogens is 446 g/mol. The first-order valence-corrected chi connectivity index (χ1v) is 9.91. The summed E-state index contributed by atoms with van der Waals surface area (Å²) in [6.45, 7) is 3.88. The van der Waals surface area contributed by atoms with Gasteiger partial charge in [0.2, 0.25) is 0 Å². The second kappa shape index (κ2) is 9.32. The van der Waals surface area contributed by atoms with E-state index in [4.69, 9.17) is 4.74 Å². The van der Waals surface area contributed by atoms with Crippen LogP contribution < -0.4 is 10.1 Å². The molecule has 2 aromatic carbocycles. The number of rotatable bonds is 6. The molecule has 0 aliphatic carbocycles. The van der Waals surface area contributed by atoms with Crippen LogP contribution in [0.5, 0.6) is 5.75 Å². The van der Waals surface area contributed by atoms with Gasteiger partial charge in [0.15, 0.2) is 0 Å². The summed E-state index contributed by atoms with van der Waals surface area (Å²) >= 11 is 2.06. The Balaban J connectivity index is 1.51. The predicted molar refractivity (Wildman–Crippen MR) is 109 cm³/mol. The Morgan fingerprint density at radius 2 is 1.85 bits per heavy atom. The zero-order valence-electron chi connectivity index (χ0n) is 14.5. The quantitative estimate of drug-likeness (QED) is 0.633. The molecule has 6 heteroatoms. The fourth-order valence-electron chi connectivity index (χ4n) is 2.97. The zero-order chi connectivity index (χ0) is 18.4. The lowest BCUT2D eigenvalue weighted by Crippen LogP contribution is -2.33. The van der Waals surface area contributed by atoms with Crippen molar-refractivity contribution in [2.45, 2.75) is 19.3 Å². The number of anilines is 1. The third-order valence-corrected chi connectivity index (χ3v) is 5.36. The van der Waals surface area contributed by atoms with Crippen molar-refractivity contribution < 1.29 is 13.9 Å². The topological polar surface area (TPSA) is 41.6 Å². The van der Waals surface area contributed by atoms with E-state index in [0.717, 1.165) is 29.0 Å². The van der Waals surface area contributed by atoms with E-state index in [1.54, 1.807) is 30.3 Å². The van der Waals surface area contributed by atoms with Crippen molar-refractivity contribution in [2.75, 3.05) is 31.6 Å². The van der Waals surface area contributed by atoms with Gasteiger partial charge in [-0.15, -0.1) is 0 Å². The number of nitrogens with one attached hydrogen (secondary N) is 1. The molecule has 0 radical (unpaired) electrons. The summed E-state index contributed by atoms with van der Waals surface area (Å²) in [4.78, 5) is 14.7. The van der Waals surface area contributed by atoms with Gasteiger partial charge >= 0.3 is 0 Å². The number of nitrogens with zero attached hydrogens (tertiary/aromatic N) is 1. The van der Waals surface area contributed by atoms with Crippen LogP contribution >= 0.6 is 22.6 Å². The number of carbonyl (C=O) groups is 1. The molecule has 0 spiro atoms. The normalized spacial score (nSPS) is 14.8. The average Bonchev–Trinajstić information content (AvgIpc) is 2.66. The van der Waals surface area contributed by atoms with E-state index in [2.05, 4.69) is 32.8 Å². The molecule has 26 heavy (non-hydrogen) atoms. The number of hydrogen-bond donors (Lipinski definition) is 1. The highest BCUT2D eigenvalue weighted by Gasteiger charge is 2.11. The van der Waals surface area contributed by atoms with Crippen molar-refractivity contribution in [1.29, 1.82) is 0 Å². The summed E-state index contributed by atoms with van der Waals surface area (Å²) in [7, 11) is 0. The van der Waals surface area contributed by atoms with Crippen LogP contribution in [-0.4, -0.2) is 37.0 Å². The average molecular weight is 468 g/mol. The van der Waals surface area contributed by atoms with Gasteiger partial charge in [-0.1, -0.05) is 6.42 Å². The summed E-state index contributed by atoms with van der Waals surface area (Å²) in [6.07, 6.45) is 3.87. The largest absolute Gasteiger partial charge is 0.492 e. The van der Waals surface area contributed by atoms with Crippen LogP contribution in [0.3, 0.4) is 0 Å². The first kappa shape index (κ1) is 19.1. The Morgan fingerprint density at radius 1 is 1.12 bits per heavy atom. The first-order chi connectivity index (χ1) is 12.6. The molecule has 1 fully saturated rings. The van der Waals surface area contributed by atoms with E-state index >= 15 is 0 Å². The third kappa shape index (κ3) is 5.41. The van der Waals surface area contributed by atoms with Gasteiger partial charge in [-0.25, -0.2) is 4.39 Å². The van der Waals surface area contributed by atoms with Crippen LogP contribution in [0.25, 0.3) is 0 Å². The lowest BCUT2D eigenvalue weighted by atomic mass is 10.1. The van der Waals surface area contributed by atoms with Crippen molar-refractivity contribution in [2.24, 2.45) is 0 Å². The number of carbonyl (C=O) groups excluding carboxylic acids is 1. The van der Waals surface area contributed by atoms with Crippen LogP contribution in [-0.2, 0) is 0 Å². The number of likely N-dealkylation sites (tertiary alicyclic amines) is 1. The van der Waals surface area contributed by atoms with Crippen molar-refractivity contribution in [3.63, 3.8) is 0 Å². The van der Waals surface area contributed by atoms with Gasteiger partial charge in [-0.3, -0.25) is 9.69 Å². The first-order valence-electron chi connectivity index (χ1n) is 8.83. The fourth-order valence-corrected chi connectivity index (χ4v) is 3.44. The van der Waals surface area contributed by atoms with Crippen LogP contribution in [0.2, 0.25) is 0 Å². The standard InChI is InChI=1S/C20H22FIN2O2/c21-16-6-9-18(22)19(14-16)23-20(25)15-4-7-17(8-5-15)26-13-12-24-10-2-1-3-11-24/h4-9,14H,1-3,10-13H2,(H,23,25). The summed E-state index contributed by atoms with van der Waals surface area (Å²) in [5, 5.41) is 2.74. The molecule has 1 heterocycles. The number of piperidine rings is 1. The Bertz CT molecular complexity index is 746. The highest BCUT2D eigenvalue weighted by Crippen LogP contribution is 2.20. The van der Waals surface area contributed by atoms with E-state index in [-0.39, 0.29) is 11.7 Å². The van der Waals surface area contributed by atoms with E-state index in [0.29, 0.717) is 17.9 Å². The van der Waals surface area contributed by atoms with Crippen LogP contribution in [0.1, 0.15) is 29.6 Å². The Labute approximate surface area is 166 Å². The van der Waals surface area contributed by atoms with Crippen molar-refractivity contribution in [3.8, 4) is 5.75 Å². The van der Waals surface area contributed by atoms with Crippen LogP contribution in [0.4, 0.5) is 10.1 Å². The molecule has 2 aromatic rings. The molecular formula is C20H22FIN2O2. The molecule has 1 N–H and O–H groups in total. The maximum atomic E-state index is 13.3. The summed E-state index contributed by atoms with van der Waals surface area (Å²) in [5.74, 6) is 0.102. The van der Waals surface area contributed by atoms with E-state index in [1.807, 2.05) is 0 Å². The van der Waals surface area contributed by atoms with Crippen molar-refractivity contribution in [3.05, 3.63) is 57.4 Å². The zero-order valence-corrected chi connectivity index (χ0v) is 16.7.